The summed E-state index contributed by atoms with van der Waals surface area (Å²) in [4.78, 5) is 0. The molecule has 1 nitrogen and oxygen atoms in total. The van der Waals surface area contributed by atoms with Crippen LogP contribution in [0.4, 0.5) is 0 Å². The standard InChI is InChI=1S/C24H47N/c1-3-5-7-8-9-10-11-12-13-14-15-16-17-18-19-20-21-23-24(25)22-6-4-2/h9-10,12-13,24H,3-8,11,14-23,25H2,1-2H3/b10-9+,13-12+. The molecule has 0 spiro atoms. The van der Waals surface area contributed by atoms with Crippen LogP contribution in [0, 0.1) is 0 Å². The van der Waals surface area contributed by atoms with Gasteiger partial charge in [0.2, 0.25) is 0 Å². The Kier molecular flexibility index (Phi) is 21.0. The van der Waals surface area contributed by atoms with Crippen LogP contribution in [0.1, 0.15) is 123 Å². The normalized spacial score (nSPS) is 13.2. The zero-order valence-corrected chi connectivity index (χ0v) is 17.5. The molecule has 2 N–H and O–H groups in total. The van der Waals surface area contributed by atoms with Gasteiger partial charge in [-0.1, -0.05) is 102 Å². The Morgan fingerprint density at radius 3 is 1.64 bits per heavy atom. The average molecular weight is 350 g/mol. The van der Waals surface area contributed by atoms with Crippen LogP contribution < -0.4 is 5.73 Å². The Labute approximate surface area is 159 Å². The van der Waals surface area contributed by atoms with Crippen molar-refractivity contribution in [3.05, 3.63) is 24.3 Å². The largest absolute Gasteiger partial charge is 0.328 e. The summed E-state index contributed by atoms with van der Waals surface area (Å²) in [6.45, 7) is 4.51. The molecule has 0 saturated heterocycles. The highest BCUT2D eigenvalue weighted by Gasteiger charge is 2.01. The molecule has 0 aliphatic heterocycles. The summed E-state index contributed by atoms with van der Waals surface area (Å²) in [5, 5.41) is 0. The zero-order chi connectivity index (χ0) is 18.4. The van der Waals surface area contributed by atoms with Crippen LogP contribution in [0.5, 0.6) is 0 Å². The molecule has 0 aromatic carbocycles. The number of hydrogen-bond acceptors (Lipinski definition) is 1. The highest BCUT2D eigenvalue weighted by molar-refractivity contribution is 4.92. The zero-order valence-electron chi connectivity index (χ0n) is 17.5. The number of allylic oxidation sites excluding steroid dienone is 4. The van der Waals surface area contributed by atoms with Crippen molar-refractivity contribution in [3.8, 4) is 0 Å². The van der Waals surface area contributed by atoms with Gasteiger partial charge in [0, 0.05) is 6.04 Å². The van der Waals surface area contributed by atoms with E-state index in [0.29, 0.717) is 6.04 Å². The van der Waals surface area contributed by atoms with Crippen molar-refractivity contribution in [2.75, 3.05) is 0 Å². The molecule has 148 valence electrons. The predicted molar refractivity (Wildman–Crippen MR) is 116 cm³/mol. The Balaban J connectivity index is 3.19. The van der Waals surface area contributed by atoms with Crippen molar-refractivity contribution in [2.24, 2.45) is 5.73 Å². The van der Waals surface area contributed by atoms with Crippen molar-refractivity contribution >= 4 is 0 Å². The molecule has 0 saturated carbocycles. The van der Waals surface area contributed by atoms with Crippen LogP contribution in [-0.2, 0) is 0 Å². The lowest BCUT2D eigenvalue weighted by Gasteiger charge is -2.10. The van der Waals surface area contributed by atoms with Crippen molar-refractivity contribution in [2.45, 2.75) is 129 Å². The van der Waals surface area contributed by atoms with E-state index in [-0.39, 0.29) is 0 Å². The quantitative estimate of drug-likeness (QED) is 0.185. The smallest absolute Gasteiger partial charge is 0.00388 e. The van der Waals surface area contributed by atoms with E-state index < -0.39 is 0 Å². The number of hydrogen-bond donors (Lipinski definition) is 1. The summed E-state index contributed by atoms with van der Waals surface area (Å²) in [5.74, 6) is 0. The minimum absolute atomic E-state index is 0.456. The first kappa shape index (κ1) is 24.4. The minimum atomic E-state index is 0.456. The molecule has 0 amide bonds. The van der Waals surface area contributed by atoms with E-state index in [1.165, 1.54) is 103 Å². The van der Waals surface area contributed by atoms with Gasteiger partial charge in [-0.3, -0.25) is 0 Å². The van der Waals surface area contributed by atoms with Crippen molar-refractivity contribution in [1.29, 1.82) is 0 Å². The topological polar surface area (TPSA) is 26.0 Å². The minimum Gasteiger partial charge on any atom is -0.328 e. The first-order chi connectivity index (χ1) is 12.3. The summed E-state index contributed by atoms with van der Waals surface area (Å²) < 4.78 is 0. The fourth-order valence-electron chi connectivity index (χ4n) is 3.18. The van der Waals surface area contributed by atoms with Gasteiger partial charge in [-0.15, -0.1) is 0 Å². The number of rotatable bonds is 19. The highest BCUT2D eigenvalue weighted by Crippen LogP contribution is 2.12. The predicted octanol–water partition coefficient (Wildman–Crippen LogP) is 8.10. The highest BCUT2D eigenvalue weighted by atomic mass is 14.6. The molecule has 0 radical (unpaired) electrons. The Morgan fingerprint density at radius 2 is 1.04 bits per heavy atom. The maximum absolute atomic E-state index is 6.12. The first-order valence-electron chi connectivity index (χ1n) is 11.4. The van der Waals surface area contributed by atoms with Gasteiger partial charge < -0.3 is 5.73 Å². The van der Waals surface area contributed by atoms with Crippen LogP contribution in [0.25, 0.3) is 0 Å². The summed E-state index contributed by atoms with van der Waals surface area (Å²) in [6, 6.07) is 0.456. The summed E-state index contributed by atoms with van der Waals surface area (Å²) in [6.07, 6.45) is 31.8. The SMILES string of the molecule is CCCCC/C=C/C/C=C/CCCCCCCCCC(N)CCCC. The van der Waals surface area contributed by atoms with Crippen molar-refractivity contribution in [3.63, 3.8) is 0 Å². The first-order valence-corrected chi connectivity index (χ1v) is 11.4. The molecule has 0 bridgehead atoms. The van der Waals surface area contributed by atoms with Crippen LogP contribution in [-0.4, -0.2) is 6.04 Å². The van der Waals surface area contributed by atoms with Gasteiger partial charge in [0.1, 0.15) is 0 Å². The van der Waals surface area contributed by atoms with Gasteiger partial charge in [-0.05, 0) is 44.9 Å². The Hall–Kier alpha value is -0.560. The van der Waals surface area contributed by atoms with Crippen LogP contribution in [0.2, 0.25) is 0 Å². The van der Waals surface area contributed by atoms with E-state index in [9.17, 15) is 0 Å². The van der Waals surface area contributed by atoms with E-state index in [2.05, 4.69) is 38.2 Å². The fourth-order valence-corrected chi connectivity index (χ4v) is 3.18. The Bertz CT molecular complexity index is 292. The summed E-state index contributed by atoms with van der Waals surface area (Å²) >= 11 is 0. The van der Waals surface area contributed by atoms with E-state index >= 15 is 0 Å². The van der Waals surface area contributed by atoms with Gasteiger partial charge in [-0.25, -0.2) is 0 Å². The van der Waals surface area contributed by atoms with Gasteiger partial charge in [0.15, 0.2) is 0 Å². The van der Waals surface area contributed by atoms with Crippen molar-refractivity contribution < 1.29 is 0 Å². The number of nitrogens with two attached hydrogens (primary N) is 1. The van der Waals surface area contributed by atoms with Gasteiger partial charge in [0.25, 0.3) is 0 Å². The van der Waals surface area contributed by atoms with Crippen LogP contribution in [0.15, 0.2) is 24.3 Å². The molecule has 25 heavy (non-hydrogen) atoms. The molecular formula is C24H47N. The lowest BCUT2D eigenvalue weighted by Crippen LogP contribution is -2.19. The second kappa shape index (κ2) is 21.5. The average Bonchev–Trinajstić information content (AvgIpc) is 2.62. The van der Waals surface area contributed by atoms with Crippen LogP contribution >= 0.6 is 0 Å². The molecule has 0 rings (SSSR count). The van der Waals surface area contributed by atoms with Gasteiger partial charge >= 0.3 is 0 Å². The molecule has 1 unspecified atom stereocenters. The third-order valence-corrected chi connectivity index (χ3v) is 4.95. The molecular weight excluding hydrogens is 302 g/mol. The molecule has 1 heteroatoms. The number of unbranched alkanes of at least 4 members (excludes halogenated alkanes) is 11. The lowest BCUT2D eigenvalue weighted by molar-refractivity contribution is 0.495. The third-order valence-electron chi connectivity index (χ3n) is 4.95. The second-order valence-corrected chi connectivity index (χ2v) is 7.63. The monoisotopic (exact) mass is 349 g/mol. The van der Waals surface area contributed by atoms with Gasteiger partial charge in [0.05, 0.1) is 0 Å². The van der Waals surface area contributed by atoms with E-state index in [4.69, 9.17) is 5.73 Å². The molecule has 0 aromatic heterocycles. The van der Waals surface area contributed by atoms with E-state index in [0.717, 1.165) is 6.42 Å². The molecule has 0 aromatic rings. The van der Waals surface area contributed by atoms with E-state index in [1.54, 1.807) is 0 Å². The van der Waals surface area contributed by atoms with E-state index in [1.807, 2.05) is 0 Å². The maximum atomic E-state index is 6.12. The molecule has 0 heterocycles. The summed E-state index contributed by atoms with van der Waals surface area (Å²) in [5.41, 5.74) is 6.12. The maximum Gasteiger partial charge on any atom is 0.00388 e. The molecule has 0 aliphatic rings. The van der Waals surface area contributed by atoms with Gasteiger partial charge in [-0.2, -0.15) is 0 Å². The molecule has 0 fully saturated rings. The Morgan fingerprint density at radius 1 is 0.560 bits per heavy atom. The molecule has 0 aliphatic carbocycles. The fraction of sp³-hybridized carbons (Fsp3) is 0.833. The second-order valence-electron chi connectivity index (χ2n) is 7.63. The third kappa shape index (κ3) is 21.4. The van der Waals surface area contributed by atoms with Crippen molar-refractivity contribution in [1.82, 2.24) is 0 Å². The van der Waals surface area contributed by atoms with Crippen LogP contribution in [0.3, 0.4) is 0 Å². The molecule has 1 atom stereocenters. The summed E-state index contributed by atoms with van der Waals surface area (Å²) in [7, 11) is 0. The lowest BCUT2D eigenvalue weighted by atomic mass is 10.0.